The quantitative estimate of drug-likeness (QED) is 0.750. The van der Waals surface area contributed by atoms with Gasteiger partial charge in [-0.2, -0.15) is 0 Å². The number of nitrogens with one attached hydrogen (secondary N) is 1. The van der Waals surface area contributed by atoms with Crippen molar-refractivity contribution in [2.75, 3.05) is 19.6 Å². The van der Waals surface area contributed by atoms with E-state index in [1.165, 1.54) is 0 Å². The third kappa shape index (κ3) is 3.95. The van der Waals surface area contributed by atoms with Crippen LogP contribution in [-0.4, -0.2) is 41.6 Å². The van der Waals surface area contributed by atoms with Gasteiger partial charge >= 0.3 is 0 Å². The summed E-state index contributed by atoms with van der Waals surface area (Å²) in [5.41, 5.74) is 6.13. The van der Waals surface area contributed by atoms with Crippen molar-refractivity contribution in [1.29, 1.82) is 0 Å². The van der Waals surface area contributed by atoms with E-state index in [0.717, 1.165) is 31.5 Å². The number of carbonyl (C=O) groups excluding carboxylic acids is 1. The molecule has 110 valence electrons. The van der Waals surface area contributed by atoms with Gasteiger partial charge in [-0.05, 0) is 25.8 Å². The molecule has 1 unspecified atom stereocenters. The monoisotopic (exact) mass is 277 g/mol. The smallest absolute Gasteiger partial charge is 0.231 e. The van der Waals surface area contributed by atoms with E-state index in [-0.39, 0.29) is 11.9 Å². The Kier molecular flexibility index (Phi) is 4.98. The van der Waals surface area contributed by atoms with Gasteiger partial charge in [0.2, 0.25) is 5.91 Å². The number of phenolic OH excluding ortho intramolecular Hbond substituents is 1. The molecule has 0 aromatic heterocycles. The molecule has 1 atom stereocenters. The summed E-state index contributed by atoms with van der Waals surface area (Å²) in [4.78, 5) is 13.0. The maximum Gasteiger partial charge on any atom is 0.231 e. The van der Waals surface area contributed by atoms with Gasteiger partial charge in [0.15, 0.2) is 0 Å². The van der Waals surface area contributed by atoms with Crippen LogP contribution in [-0.2, 0) is 4.79 Å². The Morgan fingerprint density at radius 1 is 1.45 bits per heavy atom. The van der Waals surface area contributed by atoms with Crippen molar-refractivity contribution in [2.24, 2.45) is 5.73 Å². The van der Waals surface area contributed by atoms with Crippen LogP contribution in [0.5, 0.6) is 5.75 Å². The molecule has 0 spiro atoms. The van der Waals surface area contributed by atoms with Crippen molar-refractivity contribution in [3.63, 3.8) is 0 Å². The van der Waals surface area contributed by atoms with Crippen LogP contribution in [0.15, 0.2) is 24.3 Å². The fraction of sp³-hybridized carbons (Fsp3) is 0.533. The second kappa shape index (κ2) is 6.72. The minimum absolute atomic E-state index is 0.115. The van der Waals surface area contributed by atoms with Crippen LogP contribution >= 0.6 is 0 Å². The Labute approximate surface area is 119 Å². The number of benzene rings is 1. The third-order valence-corrected chi connectivity index (χ3v) is 3.86. The van der Waals surface area contributed by atoms with Crippen LogP contribution in [0.3, 0.4) is 0 Å². The lowest BCUT2D eigenvalue weighted by atomic mass is 10.0. The number of nitrogens with two attached hydrogens (primary N) is 1. The maximum atomic E-state index is 10.9. The van der Waals surface area contributed by atoms with Gasteiger partial charge in [0.25, 0.3) is 0 Å². The number of phenols is 1. The van der Waals surface area contributed by atoms with Crippen LogP contribution in [0.4, 0.5) is 0 Å². The van der Waals surface area contributed by atoms with Crippen molar-refractivity contribution in [2.45, 2.75) is 31.8 Å². The van der Waals surface area contributed by atoms with Crippen LogP contribution in [0.1, 0.15) is 31.4 Å². The molecule has 1 aliphatic heterocycles. The molecule has 0 saturated carbocycles. The molecule has 0 aliphatic carbocycles. The lowest BCUT2D eigenvalue weighted by molar-refractivity contribution is -0.119. The molecule has 0 radical (unpaired) electrons. The van der Waals surface area contributed by atoms with Gasteiger partial charge in [-0.3, -0.25) is 9.69 Å². The molecule has 1 amide bonds. The van der Waals surface area contributed by atoms with E-state index >= 15 is 0 Å². The number of nitrogens with zero attached hydrogens (tertiary/aromatic N) is 1. The SMILES string of the molecule is CC(NC1CCN(CC(N)=O)CC1)c1ccccc1O. The predicted molar refractivity (Wildman–Crippen MR) is 78.3 cm³/mol. The summed E-state index contributed by atoms with van der Waals surface area (Å²) in [5, 5.41) is 13.4. The van der Waals surface area contributed by atoms with Crippen molar-refractivity contribution < 1.29 is 9.90 Å². The van der Waals surface area contributed by atoms with Crippen LogP contribution in [0.2, 0.25) is 0 Å². The highest BCUT2D eigenvalue weighted by Gasteiger charge is 2.22. The normalized spacial score (nSPS) is 18.9. The van der Waals surface area contributed by atoms with Gasteiger partial charge in [0, 0.05) is 30.7 Å². The first-order valence-electron chi connectivity index (χ1n) is 7.11. The Morgan fingerprint density at radius 2 is 2.10 bits per heavy atom. The summed E-state index contributed by atoms with van der Waals surface area (Å²) in [6.45, 7) is 4.18. The average molecular weight is 277 g/mol. The number of hydrogen-bond donors (Lipinski definition) is 3. The van der Waals surface area contributed by atoms with Crippen molar-refractivity contribution in [3.05, 3.63) is 29.8 Å². The number of primary amides is 1. The second-order valence-corrected chi connectivity index (χ2v) is 5.46. The lowest BCUT2D eigenvalue weighted by Crippen LogP contribution is -2.45. The Morgan fingerprint density at radius 3 is 2.70 bits per heavy atom. The van der Waals surface area contributed by atoms with Crippen molar-refractivity contribution in [3.8, 4) is 5.75 Å². The average Bonchev–Trinajstić information content (AvgIpc) is 2.41. The fourth-order valence-corrected chi connectivity index (χ4v) is 2.78. The molecule has 2 rings (SSSR count). The van der Waals surface area contributed by atoms with Crippen LogP contribution in [0, 0.1) is 0 Å². The Bertz CT molecular complexity index is 456. The molecule has 5 nitrogen and oxygen atoms in total. The highest BCUT2D eigenvalue weighted by molar-refractivity contribution is 5.75. The molecule has 1 heterocycles. The Balaban J connectivity index is 1.83. The minimum atomic E-state index is -0.265. The summed E-state index contributed by atoms with van der Waals surface area (Å²) in [7, 11) is 0. The van der Waals surface area contributed by atoms with E-state index in [9.17, 15) is 9.90 Å². The van der Waals surface area contributed by atoms with Crippen LogP contribution < -0.4 is 11.1 Å². The van der Waals surface area contributed by atoms with E-state index < -0.39 is 0 Å². The van der Waals surface area contributed by atoms with Crippen LogP contribution in [0.25, 0.3) is 0 Å². The standard InChI is InChI=1S/C15H23N3O2/c1-11(13-4-2-3-5-14(13)19)17-12-6-8-18(9-7-12)10-15(16)20/h2-5,11-12,17,19H,6-10H2,1H3,(H2,16,20). The van der Waals surface area contributed by atoms with Gasteiger partial charge in [-0.1, -0.05) is 18.2 Å². The summed E-state index contributed by atoms with van der Waals surface area (Å²) in [5.74, 6) is 0.0673. The topological polar surface area (TPSA) is 78.6 Å². The lowest BCUT2D eigenvalue weighted by Gasteiger charge is -2.33. The summed E-state index contributed by atoms with van der Waals surface area (Å²) >= 11 is 0. The highest BCUT2D eigenvalue weighted by atomic mass is 16.3. The molecular formula is C15H23N3O2. The van der Waals surface area contributed by atoms with Crippen molar-refractivity contribution >= 4 is 5.91 Å². The summed E-state index contributed by atoms with van der Waals surface area (Å²) in [6.07, 6.45) is 1.98. The summed E-state index contributed by atoms with van der Waals surface area (Å²) < 4.78 is 0. The minimum Gasteiger partial charge on any atom is -0.508 e. The molecule has 4 N–H and O–H groups in total. The Hall–Kier alpha value is -1.59. The number of hydrogen-bond acceptors (Lipinski definition) is 4. The third-order valence-electron chi connectivity index (χ3n) is 3.86. The first-order chi connectivity index (χ1) is 9.56. The van der Waals surface area contributed by atoms with Gasteiger partial charge in [0.1, 0.15) is 5.75 Å². The van der Waals surface area contributed by atoms with Crippen molar-refractivity contribution in [1.82, 2.24) is 10.2 Å². The van der Waals surface area contributed by atoms with E-state index in [4.69, 9.17) is 5.73 Å². The number of rotatable bonds is 5. The first-order valence-corrected chi connectivity index (χ1v) is 7.11. The fourth-order valence-electron chi connectivity index (χ4n) is 2.78. The summed E-state index contributed by atoms with van der Waals surface area (Å²) in [6, 6.07) is 7.94. The number of carbonyl (C=O) groups is 1. The number of para-hydroxylation sites is 1. The maximum absolute atomic E-state index is 10.9. The number of piperidine rings is 1. The zero-order valence-electron chi connectivity index (χ0n) is 11.9. The van der Waals surface area contributed by atoms with E-state index in [1.807, 2.05) is 18.2 Å². The van der Waals surface area contributed by atoms with E-state index in [2.05, 4.69) is 17.1 Å². The second-order valence-electron chi connectivity index (χ2n) is 5.46. The van der Waals surface area contributed by atoms with E-state index in [0.29, 0.717) is 18.3 Å². The molecular weight excluding hydrogens is 254 g/mol. The number of likely N-dealkylation sites (tertiary alicyclic amines) is 1. The molecule has 0 bridgehead atoms. The molecule has 1 aliphatic rings. The van der Waals surface area contributed by atoms with Gasteiger partial charge in [-0.15, -0.1) is 0 Å². The highest BCUT2D eigenvalue weighted by Crippen LogP contribution is 2.24. The van der Waals surface area contributed by atoms with E-state index in [1.54, 1.807) is 6.07 Å². The van der Waals surface area contributed by atoms with Gasteiger partial charge in [-0.25, -0.2) is 0 Å². The largest absolute Gasteiger partial charge is 0.508 e. The molecule has 1 saturated heterocycles. The molecule has 1 fully saturated rings. The van der Waals surface area contributed by atoms with Gasteiger partial charge < -0.3 is 16.2 Å². The first kappa shape index (κ1) is 14.8. The predicted octanol–water partition coefficient (Wildman–Crippen LogP) is 0.993. The molecule has 20 heavy (non-hydrogen) atoms. The molecule has 1 aromatic carbocycles. The molecule has 1 aromatic rings. The number of aromatic hydroxyl groups is 1. The zero-order valence-corrected chi connectivity index (χ0v) is 11.9. The van der Waals surface area contributed by atoms with Gasteiger partial charge in [0.05, 0.1) is 6.54 Å². The molecule has 5 heteroatoms. The number of amides is 1. The zero-order chi connectivity index (χ0) is 14.5.